The van der Waals surface area contributed by atoms with Crippen LogP contribution in [-0.4, -0.2) is 38.8 Å². The lowest BCUT2D eigenvalue weighted by atomic mass is 10.4. The van der Waals surface area contributed by atoms with E-state index < -0.39 is 0 Å². The Morgan fingerprint density at radius 3 is 2.93 bits per heavy atom. The van der Waals surface area contributed by atoms with Crippen LogP contribution in [0.25, 0.3) is 0 Å². The van der Waals surface area contributed by atoms with Crippen LogP contribution in [0, 0.1) is 0 Å². The third-order valence-corrected chi connectivity index (χ3v) is 1.71. The van der Waals surface area contributed by atoms with E-state index in [9.17, 15) is 4.79 Å². The van der Waals surface area contributed by atoms with Gasteiger partial charge in [0.15, 0.2) is 0 Å². The summed E-state index contributed by atoms with van der Waals surface area (Å²) in [6.45, 7) is 8.83. The minimum absolute atomic E-state index is 0.0207. The first kappa shape index (κ1) is 14.1. The van der Waals surface area contributed by atoms with Gasteiger partial charge in [-0.15, -0.1) is 6.58 Å². The summed E-state index contributed by atoms with van der Waals surface area (Å²) in [4.78, 5) is 11.2. The first-order chi connectivity index (χ1) is 7.31. The lowest BCUT2D eigenvalue weighted by molar-refractivity contribution is -0.120. The topological polar surface area (TPSA) is 50.4 Å². The minimum Gasteiger partial charge on any atom is -0.381 e. The van der Waals surface area contributed by atoms with E-state index in [1.165, 1.54) is 0 Å². The molecular weight excluding hydrogens is 192 g/mol. The molecule has 4 heteroatoms. The average molecular weight is 214 g/mol. The fourth-order valence-corrected chi connectivity index (χ4v) is 0.999. The lowest BCUT2D eigenvalue weighted by Crippen LogP contribution is -2.34. The number of nitrogens with one attached hydrogen (secondary N) is 2. The van der Waals surface area contributed by atoms with Crippen LogP contribution in [0.5, 0.6) is 0 Å². The molecule has 0 aromatic carbocycles. The van der Waals surface area contributed by atoms with Crippen molar-refractivity contribution >= 4 is 5.91 Å². The molecule has 0 aromatic heterocycles. The molecule has 0 radical (unpaired) electrons. The average Bonchev–Trinajstić information content (AvgIpc) is 2.23. The van der Waals surface area contributed by atoms with Gasteiger partial charge in [0, 0.05) is 26.3 Å². The summed E-state index contributed by atoms with van der Waals surface area (Å²) in [6, 6.07) is 0. The fourth-order valence-electron chi connectivity index (χ4n) is 0.999. The zero-order chi connectivity index (χ0) is 11.4. The zero-order valence-electron chi connectivity index (χ0n) is 9.55. The summed E-state index contributed by atoms with van der Waals surface area (Å²) < 4.78 is 5.28. The highest BCUT2D eigenvalue weighted by molar-refractivity contribution is 5.77. The molecule has 88 valence electrons. The molecule has 0 saturated carbocycles. The summed E-state index contributed by atoms with van der Waals surface area (Å²) in [5.41, 5.74) is 0. The third-order valence-electron chi connectivity index (χ3n) is 1.71. The molecule has 0 saturated heterocycles. The van der Waals surface area contributed by atoms with Gasteiger partial charge in [0.1, 0.15) is 0 Å². The predicted octanol–water partition coefficient (Wildman–Crippen LogP) is 0.695. The standard InChI is InChI=1S/C11H22N2O2/c1-3-6-12-10-11(14)13-7-5-9-15-8-4-2/h3,12H,1,4-10H2,2H3,(H,13,14). The highest BCUT2D eigenvalue weighted by Crippen LogP contribution is 1.83. The van der Waals surface area contributed by atoms with E-state index in [0.717, 1.165) is 19.4 Å². The van der Waals surface area contributed by atoms with Crippen molar-refractivity contribution in [2.24, 2.45) is 0 Å². The summed E-state index contributed by atoms with van der Waals surface area (Å²) in [5, 5.41) is 5.74. The summed E-state index contributed by atoms with van der Waals surface area (Å²) in [5.74, 6) is 0.0207. The largest absolute Gasteiger partial charge is 0.381 e. The molecular formula is C11H22N2O2. The first-order valence-electron chi connectivity index (χ1n) is 5.47. The van der Waals surface area contributed by atoms with Crippen molar-refractivity contribution < 1.29 is 9.53 Å². The molecule has 0 aromatic rings. The molecule has 0 atom stereocenters. The third kappa shape index (κ3) is 11.1. The Hall–Kier alpha value is -0.870. The van der Waals surface area contributed by atoms with Gasteiger partial charge in [0.05, 0.1) is 6.54 Å². The van der Waals surface area contributed by atoms with Crippen molar-refractivity contribution in [3.63, 3.8) is 0 Å². The predicted molar refractivity (Wildman–Crippen MR) is 61.8 cm³/mol. The summed E-state index contributed by atoms with van der Waals surface area (Å²) >= 11 is 0. The van der Waals surface area contributed by atoms with E-state index in [2.05, 4.69) is 24.1 Å². The van der Waals surface area contributed by atoms with Crippen LogP contribution in [0.2, 0.25) is 0 Å². The normalized spacial score (nSPS) is 9.93. The van der Waals surface area contributed by atoms with Gasteiger partial charge in [-0.1, -0.05) is 13.0 Å². The second-order valence-corrected chi connectivity index (χ2v) is 3.24. The van der Waals surface area contributed by atoms with Crippen molar-refractivity contribution in [3.05, 3.63) is 12.7 Å². The smallest absolute Gasteiger partial charge is 0.233 e. The molecule has 2 N–H and O–H groups in total. The van der Waals surface area contributed by atoms with Crippen LogP contribution in [-0.2, 0) is 9.53 Å². The van der Waals surface area contributed by atoms with Gasteiger partial charge in [-0.25, -0.2) is 0 Å². The van der Waals surface area contributed by atoms with Gasteiger partial charge >= 0.3 is 0 Å². The van der Waals surface area contributed by atoms with Gasteiger partial charge in [-0.2, -0.15) is 0 Å². The SMILES string of the molecule is C=CCNCC(=O)NCCCOCCC. The monoisotopic (exact) mass is 214 g/mol. The van der Waals surface area contributed by atoms with Gasteiger partial charge in [0.2, 0.25) is 5.91 Å². The minimum atomic E-state index is 0.0207. The van der Waals surface area contributed by atoms with Gasteiger partial charge < -0.3 is 15.4 Å². The molecule has 0 heterocycles. The number of hydrogen-bond donors (Lipinski definition) is 2. The second-order valence-electron chi connectivity index (χ2n) is 3.24. The lowest BCUT2D eigenvalue weighted by Gasteiger charge is -2.05. The first-order valence-corrected chi connectivity index (χ1v) is 5.47. The van der Waals surface area contributed by atoms with Crippen LogP contribution >= 0.6 is 0 Å². The maximum absolute atomic E-state index is 11.2. The van der Waals surface area contributed by atoms with Crippen molar-refractivity contribution in [3.8, 4) is 0 Å². The van der Waals surface area contributed by atoms with E-state index in [1.54, 1.807) is 6.08 Å². The second kappa shape index (κ2) is 11.2. The Balaban J connectivity index is 3.13. The van der Waals surface area contributed by atoms with E-state index in [-0.39, 0.29) is 5.91 Å². The summed E-state index contributed by atoms with van der Waals surface area (Å²) in [6.07, 6.45) is 3.64. The molecule has 4 nitrogen and oxygen atoms in total. The number of rotatable bonds is 10. The molecule has 0 aliphatic rings. The number of ether oxygens (including phenoxy) is 1. The molecule has 0 spiro atoms. The van der Waals surface area contributed by atoms with Crippen molar-refractivity contribution in [1.82, 2.24) is 10.6 Å². The molecule has 0 fully saturated rings. The Labute approximate surface area is 92.1 Å². The van der Waals surface area contributed by atoms with Crippen LogP contribution in [0.4, 0.5) is 0 Å². The fraction of sp³-hybridized carbons (Fsp3) is 0.727. The molecule has 0 aliphatic carbocycles. The Morgan fingerprint density at radius 2 is 2.27 bits per heavy atom. The molecule has 0 aliphatic heterocycles. The maximum atomic E-state index is 11.2. The number of carbonyl (C=O) groups excluding carboxylic acids is 1. The van der Waals surface area contributed by atoms with Crippen LogP contribution < -0.4 is 10.6 Å². The van der Waals surface area contributed by atoms with Gasteiger partial charge in [0.25, 0.3) is 0 Å². The van der Waals surface area contributed by atoms with Crippen LogP contribution in [0.15, 0.2) is 12.7 Å². The number of amides is 1. The van der Waals surface area contributed by atoms with Gasteiger partial charge in [-0.3, -0.25) is 4.79 Å². The molecule has 1 amide bonds. The highest BCUT2D eigenvalue weighted by Gasteiger charge is 1.97. The summed E-state index contributed by atoms with van der Waals surface area (Å²) in [7, 11) is 0. The number of hydrogen-bond acceptors (Lipinski definition) is 3. The van der Waals surface area contributed by atoms with E-state index in [4.69, 9.17) is 4.74 Å². The van der Waals surface area contributed by atoms with Crippen LogP contribution in [0.3, 0.4) is 0 Å². The van der Waals surface area contributed by atoms with E-state index >= 15 is 0 Å². The van der Waals surface area contributed by atoms with Gasteiger partial charge in [-0.05, 0) is 12.8 Å². The maximum Gasteiger partial charge on any atom is 0.233 e. The van der Waals surface area contributed by atoms with Crippen LogP contribution in [0.1, 0.15) is 19.8 Å². The molecule has 0 rings (SSSR count). The number of carbonyl (C=O) groups is 1. The highest BCUT2D eigenvalue weighted by atomic mass is 16.5. The molecule has 0 unspecified atom stereocenters. The Morgan fingerprint density at radius 1 is 1.47 bits per heavy atom. The van der Waals surface area contributed by atoms with Crippen molar-refractivity contribution in [1.29, 1.82) is 0 Å². The van der Waals surface area contributed by atoms with E-state index in [1.807, 2.05) is 0 Å². The Bertz CT molecular complexity index is 172. The van der Waals surface area contributed by atoms with Crippen molar-refractivity contribution in [2.45, 2.75) is 19.8 Å². The van der Waals surface area contributed by atoms with E-state index in [0.29, 0.717) is 26.2 Å². The molecule has 15 heavy (non-hydrogen) atoms. The van der Waals surface area contributed by atoms with Crippen molar-refractivity contribution in [2.75, 3.05) is 32.8 Å². The molecule has 0 bridgehead atoms. The quantitative estimate of drug-likeness (QED) is 0.415. The Kier molecular flexibility index (Phi) is 10.6. The zero-order valence-corrected chi connectivity index (χ0v) is 9.55.